The van der Waals surface area contributed by atoms with Crippen LogP contribution in [0.5, 0.6) is 0 Å². The van der Waals surface area contributed by atoms with Crippen LogP contribution in [0, 0.1) is 11.8 Å². The van der Waals surface area contributed by atoms with Crippen molar-refractivity contribution in [1.82, 2.24) is 5.32 Å². The van der Waals surface area contributed by atoms with Gasteiger partial charge in [0.15, 0.2) is 0 Å². The molecule has 0 saturated heterocycles. The Balaban J connectivity index is 2.52. The van der Waals surface area contributed by atoms with Crippen LogP contribution < -0.4 is 5.32 Å². The molecule has 0 unspecified atom stereocenters. The molecule has 15 heavy (non-hydrogen) atoms. The van der Waals surface area contributed by atoms with E-state index in [1.165, 1.54) is 6.92 Å². The highest BCUT2D eigenvalue weighted by molar-refractivity contribution is 6.17. The Morgan fingerprint density at radius 3 is 2.60 bits per heavy atom. The quantitative estimate of drug-likeness (QED) is 0.600. The molecule has 0 aliphatic carbocycles. The summed E-state index contributed by atoms with van der Waals surface area (Å²) in [4.78, 5) is 10.5. The van der Waals surface area contributed by atoms with Gasteiger partial charge in [0.2, 0.25) is 5.91 Å². The summed E-state index contributed by atoms with van der Waals surface area (Å²) in [7, 11) is 0. The van der Waals surface area contributed by atoms with E-state index >= 15 is 0 Å². The molecule has 0 spiro atoms. The van der Waals surface area contributed by atoms with Crippen LogP contribution in [0.2, 0.25) is 0 Å². The van der Waals surface area contributed by atoms with Gasteiger partial charge in [0.25, 0.3) is 0 Å². The van der Waals surface area contributed by atoms with Gasteiger partial charge in [-0.15, -0.1) is 11.6 Å². The highest BCUT2D eigenvalue weighted by Crippen LogP contribution is 2.05. The Bertz CT molecular complexity index is 386. The molecule has 0 heterocycles. The summed E-state index contributed by atoms with van der Waals surface area (Å²) in [5, 5.41) is 2.60. The van der Waals surface area contributed by atoms with Gasteiger partial charge in [-0.2, -0.15) is 0 Å². The van der Waals surface area contributed by atoms with E-state index in [0.717, 1.165) is 11.1 Å². The van der Waals surface area contributed by atoms with Gasteiger partial charge in [-0.05, 0) is 17.7 Å². The Labute approximate surface area is 94.6 Å². The molecule has 0 bridgehead atoms. The van der Waals surface area contributed by atoms with Gasteiger partial charge in [0.1, 0.15) is 0 Å². The van der Waals surface area contributed by atoms with Gasteiger partial charge in [0.05, 0.1) is 6.54 Å². The Kier molecular flexibility index (Phi) is 4.73. The molecule has 1 aromatic rings. The average molecular weight is 222 g/mol. The van der Waals surface area contributed by atoms with Gasteiger partial charge in [-0.25, -0.2) is 0 Å². The Morgan fingerprint density at radius 1 is 1.40 bits per heavy atom. The van der Waals surface area contributed by atoms with E-state index in [0.29, 0.717) is 12.4 Å². The lowest BCUT2D eigenvalue weighted by molar-refractivity contribution is -0.118. The molecule has 0 fully saturated rings. The molecule has 3 heteroatoms. The maximum atomic E-state index is 10.5. The second-order valence-electron chi connectivity index (χ2n) is 3.04. The number of halogens is 1. The minimum atomic E-state index is -0.0678. The van der Waals surface area contributed by atoms with E-state index in [4.69, 9.17) is 11.6 Å². The lowest BCUT2D eigenvalue weighted by atomic mass is 10.1. The molecule has 0 saturated carbocycles. The normalized spacial score (nSPS) is 8.93. The zero-order valence-electron chi connectivity index (χ0n) is 8.51. The number of hydrogen-bond acceptors (Lipinski definition) is 1. The third-order valence-corrected chi connectivity index (χ3v) is 2.08. The number of carbonyl (C=O) groups excluding carboxylic acids is 1. The van der Waals surface area contributed by atoms with Crippen LogP contribution in [-0.4, -0.2) is 12.5 Å². The van der Waals surface area contributed by atoms with E-state index in [-0.39, 0.29) is 5.91 Å². The van der Waals surface area contributed by atoms with Crippen LogP contribution in [0.25, 0.3) is 0 Å². The summed E-state index contributed by atoms with van der Waals surface area (Å²) < 4.78 is 0. The van der Waals surface area contributed by atoms with Crippen LogP contribution in [0.1, 0.15) is 18.1 Å². The molecule has 0 aromatic heterocycles. The first-order valence-corrected chi connectivity index (χ1v) is 5.14. The number of hydrogen-bond donors (Lipinski definition) is 1. The fraction of sp³-hybridized carbons (Fsp3) is 0.250. The first kappa shape index (κ1) is 11.6. The first-order chi connectivity index (χ1) is 7.22. The van der Waals surface area contributed by atoms with Gasteiger partial charge in [-0.3, -0.25) is 4.79 Å². The van der Waals surface area contributed by atoms with Gasteiger partial charge < -0.3 is 5.32 Å². The number of nitrogens with one attached hydrogen (secondary N) is 1. The molecule has 0 aliphatic heterocycles. The van der Waals surface area contributed by atoms with Crippen LogP contribution in [0.4, 0.5) is 0 Å². The maximum Gasteiger partial charge on any atom is 0.217 e. The van der Waals surface area contributed by atoms with Crippen molar-refractivity contribution in [2.75, 3.05) is 6.54 Å². The minimum absolute atomic E-state index is 0.0678. The first-order valence-electron chi connectivity index (χ1n) is 4.60. The number of carbonyl (C=O) groups is 1. The summed E-state index contributed by atoms with van der Waals surface area (Å²) in [6.45, 7) is 1.85. The molecule has 0 radical (unpaired) electrons. The summed E-state index contributed by atoms with van der Waals surface area (Å²) in [6, 6.07) is 7.71. The van der Waals surface area contributed by atoms with Crippen molar-refractivity contribution < 1.29 is 4.79 Å². The standard InChI is InChI=1S/C12H12ClNO/c1-10(15)14-8-2-3-11-4-6-12(9-13)7-5-11/h4-7H,8-9H2,1H3,(H,14,15). The third kappa shape index (κ3) is 4.53. The zero-order valence-corrected chi connectivity index (χ0v) is 9.27. The molecule has 2 nitrogen and oxygen atoms in total. The van der Waals surface area contributed by atoms with Crippen molar-refractivity contribution >= 4 is 17.5 Å². The van der Waals surface area contributed by atoms with Gasteiger partial charge in [0, 0.05) is 18.4 Å². The van der Waals surface area contributed by atoms with Crippen molar-refractivity contribution in [2.45, 2.75) is 12.8 Å². The summed E-state index contributed by atoms with van der Waals surface area (Å²) in [5.74, 6) is 6.24. The predicted octanol–water partition coefficient (Wildman–Crippen LogP) is 1.91. The highest BCUT2D eigenvalue weighted by atomic mass is 35.5. The smallest absolute Gasteiger partial charge is 0.217 e. The highest BCUT2D eigenvalue weighted by Gasteiger charge is 1.89. The molecule has 78 valence electrons. The lowest BCUT2D eigenvalue weighted by Crippen LogP contribution is -2.19. The molecule has 1 N–H and O–H groups in total. The van der Waals surface area contributed by atoms with Crippen molar-refractivity contribution in [2.24, 2.45) is 0 Å². The van der Waals surface area contributed by atoms with Crippen molar-refractivity contribution in [1.29, 1.82) is 0 Å². The molecule has 0 atom stereocenters. The Hall–Kier alpha value is -1.46. The van der Waals surface area contributed by atoms with Crippen LogP contribution in [0.15, 0.2) is 24.3 Å². The molecule has 1 rings (SSSR count). The molecular weight excluding hydrogens is 210 g/mol. The number of benzene rings is 1. The zero-order chi connectivity index (χ0) is 11.1. The summed E-state index contributed by atoms with van der Waals surface area (Å²) in [5.41, 5.74) is 2.00. The topological polar surface area (TPSA) is 29.1 Å². The minimum Gasteiger partial charge on any atom is -0.345 e. The fourth-order valence-electron chi connectivity index (χ4n) is 0.992. The average Bonchev–Trinajstić information content (AvgIpc) is 2.25. The van der Waals surface area contributed by atoms with Crippen molar-refractivity contribution in [3.8, 4) is 11.8 Å². The third-order valence-electron chi connectivity index (χ3n) is 1.77. The predicted molar refractivity (Wildman–Crippen MR) is 61.6 cm³/mol. The number of rotatable bonds is 2. The monoisotopic (exact) mass is 221 g/mol. The maximum absolute atomic E-state index is 10.5. The van der Waals surface area contributed by atoms with Gasteiger partial charge in [-0.1, -0.05) is 24.0 Å². The van der Waals surface area contributed by atoms with Crippen LogP contribution in [-0.2, 0) is 10.7 Å². The van der Waals surface area contributed by atoms with E-state index in [2.05, 4.69) is 17.2 Å². The SMILES string of the molecule is CC(=O)NCC#Cc1ccc(CCl)cc1. The Morgan fingerprint density at radius 2 is 2.07 bits per heavy atom. The second kappa shape index (κ2) is 6.10. The van der Waals surface area contributed by atoms with E-state index < -0.39 is 0 Å². The second-order valence-corrected chi connectivity index (χ2v) is 3.31. The van der Waals surface area contributed by atoms with E-state index in [9.17, 15) is 4.79 Å². The van der Waals surface area contributed by atoms with Crippen LogP contribution in [0.3, 0.4) is 0 Å². The molecular formula is C12H12ClNO. The largest absolute Gasteiger partial charge is 0.345 e. The van der Waals surface area contributed by atoms with Gasteiger partial charge >= 0.3 is 0 Å². The number of amides is 1. The van der Waals surface area contributed by atoms with Crippen LogP contribution >= 0.6 is 11.6 Å². The summed E-state index contributed by atoms with van der Waals surface area (Å²) in [6.07, 6.45) is 0. The van der Waals surface area contributed by atoms with E-state index in [1.54, 1.807) is 0 Å². The van der Waals surface area contributed by atoms with E-state index in [1.807, 2.05) is 24.3 Å². The lowest BCUT2D eigenvalue weighted by Gasteiger charge is -1.94. The molecule has 0 aliphatic rings. The van der Waals surface area contributed by atoms with Crippen molar-refractivity contribution in [3.63, 3.8) is 0 Å². The summed E-state index contributed by atoms with van der Waals surface area (Å²) >= 11 is 5.66. The fourth-order valence-corrected chi connectivity index (χ4v) is 1.17. The number of alkyl halides is 1. The molecule has 1 amide bonds. The van der Waals surface area contributed by atoms with Crippen molar-refractivity contribution in [3.05, 3.63) is 35.4 Å². The molecule has 1 aromatic carbocycles.